The molecule has 222 valence electrons. The second-order valence-electron chi connectivity index (χ2n) is 12.2. The number of nitrogens with zero attached hydrogens (tertiary/aromatic N) is 4. The standard InChI is InChI=1S/C42H34N4/c1-4-12-32(13-5-1)39-44-40(33-14-6-2-7-15-33)46-41(45-39)34-21-25-36(26-22-34)42(27-8-3-9-28-42)35-23-19-30(20-24-35)37-18-10-16-31-17-11-29-43-38(31)37/h1-2,4-7,10-26,29H,3,8-9,27-28H2. The number of rotatable bonds is 6. The lowest BCUT2D eigenvalue weighted by molar-refractivity contribution is 0.346. The van der Waals surface area contributed by atoms with E-state index in [9.17, 15) is 0 Å². The van der Waals surface area contributed by atoms with Crippen LogP contribution >= 0.6 is 0 Å². The number of aromatic nitrogens is 4. The molecule has 1 saturated carbocycles. The molecule has 1 aliphatic rings. The molecule has 0 atom stereocenters. The second-order valence-corrected chi connectivity index (χ2v) is 12.2. The minimum absolute atomic E-state index is 0.0180. The third kappa shape index (κ3) is 5.26. The SMILES string of the molecule is c1ccc(-c2nc(-c3ccccc3)nc(-c3ccc(C4(c5ccc(-c6cccc7cccnc67)cc5)CCCCC4)cc3)n2)cc1. The summed E-state index contributed by atoms with van der Waals surface area (Å²) in [7, 11) is 0. The maximum atomic E-state index is 4.95. The maximum absolute atomic E-state index is 4.95. The van der Waals surface area contributed by atoms with Crippen LogP contribution in [0.2, 0.25) is 0 Å². The highest BCUT2D eigenvalue weighted by atomic mass is 15.0. The molecule has 0 spiro atoms. The van der Waals surface area contributed by atoms with Crippen LogP contribution in [0.4, 0.5) is 0 Å². The normalized spacial score (nSPS) is 14.3. The van der Waals surface area contributed by atoms with Crippen LogP contribution in [-0.2, 0) is 5.41 Å². The second kappa shape index (κ2) is 12.1. The van der Waals surface area contributed by atoms with Gasteiger partial charge < -0.3 is 0 Å². The van der Waals surface area contributed by atoms with Crippen LogP contribution in [0.25, 0.3) is 56.2 Å². The lowest BCUT2D eigenvalue weighted by atomic mass is 9.65. The summed E-state index contributed by atoms with van der Waals surface area (Å²) in [4.78, 5) is 19.5. The maximum Gasteiger partial charge on any atom is 0.164 e. The Morgan fingerprint density at radius 3 is 1.48 bits per heavy atom. The van der Waals surface area contributed by atoms with E-state index < -0.39 is 0 Å². The topological polar surface area (TPSA) is 51.6 Å². The summed E-state index contributed by atoms with van der Waals surface area (Å²) in [6.07, 6.45) is 7.90. The van der Waals surface area contributed by atoms with Gasteiger partial charge in [-0.2, -0.15) is 0 Å². The van der Waals surface area contributed by atoms with Crippen LogP contribution in [0.3, 0.4) is 0 Å². The van der Waals surface area contributed by atoms with Crippen molar-refractivity contribution >= 4 is 10.9 Å². The van der Waals surface area contributed by atoms with Gasteiger partial charge in [-0.05, 0) is 35.6 Å². The van der Waals surface area contributed by atoms with E-state index in [1.54, 1.807) is 0 Å². The highest BCUT2D eigenvalue weighted by Crippen LogP contribution is 2.46. The van der Waals surface area contributed by atoms with Crippen LogP contribution in [0.15, 0.2) is 146 Å². The Balaban J connectivity index is 1.16. The highest BCUT2D eigenvalue weighted by Gasteiger charge is 2.35. The van der Waals surface area contributed by atoms with Crippen molar-refractivity contribution in [3.05, 3.63) is 157 Å². The van der Waals surface area contributed by atoms with E-state index in [0.29, 0.717) is 17.5 Å². The molecule has 0 aliphatic heterocycles. The van der Waals surface area contributed by atoms with Crippen LogP contribution < -0.4 is 0 Å². The Bertz CT molecular complexity index is 2040. The summed E-state index contributed by atoms with van der Waals surface area (Å²) in [5.74, 6) is 2.04. The number of benzene rings is 5. The fraction of sp³-hybridized carbons (Fsp3) is 0.143. The van der Waals surface area contributed by atoms with Gasteiger partial charge in [-0.15, -0.1) is 0 Å². The Labute approximate surface area is 269 Å². The first-order valence-corrected chi connectivity index (χ1v) is 16.2. The predicted molar refractivity (Wildman–Crippen MR) is 187 cm³/mol. The van der Waals surface area contributed by atoms with E-state index in [1.165, 1.54) is 41.5 Å². The predicted octanol–water partition coefficient (Wildman–Crippen LogP) is 10.3. The third-order valence-corrected chi connectivity index (χ3v) is 9.48. The third-order valence-electron chi connectivity index (χ3n) is 9.48. The van der Waals surface area contributed by atoms with Crippen molar-refractivity contribution in [3.8, 4) is 45.3 Å². The fourth-order valence-electron chi connectivity index (χ4n) is 7.08. The molecule has 5 aromatic carbocycles. The van der Waals surface area contributed by atoms with Gasteiger partial charge in [0.25, 0.3) is 0 Å². The smallest absolute Gasteiger partial charge is 0.164 e. The Morgan fingerprint density at radius 1 is 0.413 bits per heavy atom. The summed E-state index contributed by atoms with van der Waals surface area (Å²) in [6.45, 7) is 0. The van der Waals surface area contributed by atoms with Crippen LogP contribution in [-0.4, -0.2) is 19.9 Å². The van der Waals surface area contributed by atoms with Gasteiger partial charge in [-0.25, -0.2) is 15.0 Å². The average Bonchev–Trinajstić information content (AvgIpc) is 3.15. The van der Waals surface area contributed by atoms with Crippen molar-refractivity contribution in [1.82, 2.24) is 19.9 Å². The lowest BCUT2D eigenvalue weighted by Crippen LogP contribution is -2.30. The molecule has 1 fully saturated rings. The van der Waals surface area contributed by atoms with Gasteiger partial charge >= 0.3 is 0 Å². The van der Waals surface area contributed by atoms with Crippen molar-refractivity contribution in [3.63, 3.8) is 0 Å². The van der Waals surface area contributed by atoms with Gasteiger partial charge in [-0.3, -0.25) is 4.98 Å². The molecule has 0 unspecified atom stereocenters. The first kappa shape index (κ1) is 28.0. The van der Waals surface area contributed by atoms with Crippen molar-refractivity contribution in [1.29, 1.82) is 0 Å². The molecule has 46 heavy (non-hydrogen) atoms. The minimum atomic E-state index is -0.0180. The van der Waals surface area contributed by atoms with Crippen LogP contribution in [0.1, 0.15) is 43.2 Å². The lowest BCUT2D eigenvalue weighted by Gasteiger charge is -2.39. The zero-order valence-electron chi connectivity index (χ0n) is 25.7. The van der Waals surface area contributed by atoms with E-state index in [-0.39, 0.29) is 5.41 Å². The van der Waals surface area contributed by atoms with Crippen molar-refractivity contribution < 1.29 is 0 Å². The summed E-state index contributed by atoms with van der Waals surface area (Å²) in [6, 6.07) is 49.1. The van der Waals surface area contributed by atoms with E-state index in [2.05, 4.69) is 72.8 Å². The van der Waals surface area contributed by atoms with Crippen molar-refractivity contribution in [2.45, 2.75) is 37.5 Å². The first-order chi connectivity index (χ1) is 22.8. The molecule has 1 aliphatic carbocycles. The molecule has 8 rings (SSSR count). The molecule has 0 bridgehead atoms. The Kier molecular flexibility index (Phi) is 7.39. The number of para-hydroxylation sites is 1. The number of pyridine rings is 1. The molecule has 4 nitrogen and oxygen atoms in total. The van der Waals surface area contributed by atoms with E-state index in [0.717, 1.165) is 40.4 Å². The van der Waals surface area contributed by atoms with Gasteiger partial charge in [0, 0.05) is 39.3 Å². The van der Waals surface area contributed by atoms with E-state index in [4.69, 9.17) is 19.9 Å². The van der Waals surface area contributed by atoms with E-state index in [1.807, 2.05) is 72.9 Å². The minimum Gasteiger partial charge on any atom is -0.256 e. The van der Waals surface area contributed by atoms with Gasteiger partial charge in [0.2, 0.25) is 0 Å². The Hall–Kier alpha value is -5.48. The molecular weight excluding hydrogens is 560 g/mol. The van der Waals surface area contributed by atoms with E-state index >= 15 is 0 Å². The molecule has 2 aromatic heterocycles. The molecule has 4 heteroatoms. The number of fused-ring (bicyclic) bond motifs is 1. The zero-order valence-corrected chi connectivity index (χ0v) is 25.7. The molecule has 0 N–H and O–H groups in total. The van der Waals surface area contributed by atoms with Crippen molar-refractivity contribution in [2.75, 3.05) is 0 Å². The van der Waals surface area contributed by atoms with Gasteiger partial charge in [0.1, 0.15) is 0 Å². The molecular formula is C42H34N4. The van der Waals surface area contributed by atoms with Gasteiger partial charge in [0.15, 0.2) is 17.5 Å². The van der Waals surface area contributed by atoms with Crippen molar-refractivity contribution in [2.24, 2.45) is 0 Å². The highest BCUT2D eigenvalue weighted by molar-refractivity contribution is 5.93. The summed E-state index contributed by atoms with van der Waals surface area (Å²) < 4.78 is 0. The summed E-state index contributed by atoms with van der Waals surface area (Å²) in [5, 5.41) is 1.16. The number of hydrogen-bond donors (Lipinski definition) is 0. The summed E-state index contributed by atoms with van der Waals surface area (Å²) in [5.41, 5.74) is 9.09. The van der Waals surface area contributed by atoms with Gasteiger partial charge in [0.05, 0.1) is 5.52 Å². The zero-order chi connectivity index (χ0) is 30.8. The monoisotopic (exact) mass is 594 g/mol. The number of hydrogen-bond acceptors (Lipinski definition) is 4. The fourth-order valence-corrected chi connectivity index (χ4v) is 7.08. The average molecular weight is 595 g/mol. The quantitative estimate of drug-likeness (QED) is 0.192. The largest absolute Gasteiger partial charge is 0.256 e. The van der Waals surface area contributed by atoms with Gasteiger partial charge in [-0.1, -0.05) is 153 Å². The molecule has 0 amide bonds. The van der Waals surface area contributed by atoms with Crippen LogP contribution in [0, 0.1) is 0 Å². The molecule has 7 aromatic rings. The Morgan fingerprint density at radius 2 is 0.913 bits per heavy atom. The summed E-state index contributed by atoms with van der Waals surface area (Å²) >= 11 is 0. The molecule has 0 radical (unpaired) electrons. The molecule has 2 heterocycles. The van der Waals surface area contributed by atoms with Crippen LogP contribution in [0.5, 0.6) is 0 Å². The first-order valence-electron chi connectivity index (χ1n) is 16.2. The molecule has 0 saturated heterocycles.